The zero-order valence-corrected chi connectivity index (χ0v) is 14.0. The van der Waals surface area contributed by atoms with Gasteiger partial charge < -0.3 is 9.64 Å². The maximum absolute atomic E-state index is 6.40. The van der Waals surface area contributed by atoms with Crippen LogP contribution in [-0.4, -0.2) is 46.3 Å². The second kappa shape index (κ2) is 5.12. The molecule has 1 saturated carbocycles. The molecule has 3 rings (SSSR count). The minimum absolute atomic E-state index is 0.120. The van der Waals surface area contributed by atoms with Crippen molar-refractivity contribution in [2.45, 2.75) is 79.9 Å². The van der Waals surface area contributed by atoms with Gasteiger partial charge in [0, 0.05) is 6.04 Å². The third-order valence-corrected chi connectivity index (χ3v) is 5.61. The van der Waals surface area contributed by atoms with Gasteiger partial charge in [0.2, 0.25) is 0 Å². The molecule has 1 saturated heterocycles. The van der Waals surface area contributed by atoms with Crippen LogP contribution in [0.5, 0.6) is 0 Å². The van der Waals surface area contributed by atoms with Crippen molar-refractivity contribution >= 4 is 36.5 Å². The Morgan fingerprint density at radius 2 is 2.21 bits per heavy atom. The summed E-state index contributed by atoms with van der Waals surface area (Å²) in [6.45, 7) is 4.48. The van der Waals surface area contributed by atoms with E-state index in [9.17, 15) is 0 Å². The van der Waals surface area contributed by atoms with Gasteiger partial charge in [0.15, 0.2) is 0 Å². The number of hydrogen-bond donors (Lipinski definition) is 0. The minimum Gasteiger partial charge on any atom is -0.460 e. The lowest BCUT2D eigenvalue weighted by Gasteiger charge is -2.37. The Morgan fingerprint density at radius 1 is 1.42 bits per heavy atom. The van der Waals surface area contributed by atoms with Gasteiger partial charge in [0.25, 0.3) is 6.02 Å². The van der Waals surface area contributed by atoms with Crippen LogP contribution in [0.3, 0.4) is 0 Å². The Bertz CT molecular complexity index is 388. The molecule has 3 aliphatic rings. The summed E-state index contributed by atoms with van der Waals surface area (Å²) in [5, 5.41) is 0. The van der Waals surface area contributed by atoms with E-state index >= 15 is 0 Å². The van der Waals surface area contributed by atoms with Crippen LogP contribution >= 0.6 is 22.6 Å². The Labute approximate surface area is 131 Å². The first-order valence-electron chi connectivity index (χ1n) is 7.47. The van der Waals surface area contributed by atoms with Crippen molar-refractivity contribution in [2.24, 2.45) is 4.99 Å². The van der Waals surface area contributed by atoms with Gasteiger partial charge in [-0.3, -0.25) is 0 Å². The van der Waals surface area contributed by atoms with Gasteiger partial charge in [-0.2, -0.15) is 0 Å². The lowest BCUT2D eigenvalue weighted by Crippen LogP contribution is -2.47. The Morgan fingerprint density at radius 3 is 3.00 bits per heavy atom. The number of alkyl halides is 1. The minimum atomic E-state index is -0.120. The van der Waals surface area contributed by atoms with Crippen LogP contribution < -0.4 is 0 Å². The summed E-state index contributed by atoms with van der Waals surface area (Å²) in [4.78, 5) is 7.14. The first kappa shape index (κ1) is 14.0. The number of halogens is 1. The molecule has 19 heavy (non-hydrogen) atoms. The van der Waals surface area contributed by atoms with E-state index in [0.29, 0.717) is 18.1 Å². The van der Waals surface area contributed by atoms with Crippen molar-refractivity contribution in [1.82, 2.24) is 4.90 Å². The Balaban J connectivity index is 1.86. The van der Waals surface area contributed by atoms with Gasteiger partial charge in [0.05, 0.1) is 19.9 Å². The second-order valence-electron chi connectivity index (χ2n) is 6.46. The molecule has 1 aliphatic carbocycles. The molecule has 0 bridgehead atoms. The van der Waals surface area contributed by atoms with Gasteiger partial charge in [0.1, 0.15) is 6.10 Å². The van der Waals surface area contributed by atoms with E-state index < -0.39 is 0 Å². The molecule has 2 aliphatic heterocycles. The maximum Gasteiger partial charge on any atom is 0.288 e. The van der Waals surface area contributed by atoms with Crippen molar-refractivity contribution in [1.29, 1.82) is 0 Å². The number of ether oxygens (including phenoxy) is 1. The molecule has 0 amide bonds. The second-order valence-corrected chi connectivity index (χ2v) is 8.61. The summed E-state index contributed by atoms with van der Waals surface area (Å²) in [6, 6.07) is 2.29. The fourth-order valence-electron chi connectivity index (χ4n) is 3.77. The molecule has 2 heterocycles. The zero-order valence-electron chi connectivity index (χ0n) is 11.8. The van der Waals surface area contributed by atoms with Gasteiger partial charge in [-0.1, -0.05) is 35.4 Å². The highest BCUT2D eigenvalue weighted by Crippen LogP contribution is 2.39. The number of amidine groups is 1. The SMILES string of the molecule is [B]C1(I)CCCCC2C(C1)OC1=NC(C)CC(C)N12. The van der Waals surface area contributed by atoms with Crippen LogP contribution in [0.4, 0.5) is 0 Å². The summed E-state index contributed by atoms with van der Waals surface area (Å²) in [5.41, 5.74) is 0. The van der Waals surface area contributed by atoms with Crippen molar-refractivity contribution in [2.75, 3.05) is 0 Å². The maximum atomic E-state index is 6.40. The molecule has 5 atom stereocenters. The predicted octanol–water partition coefficient (Wildman–Crippen LogP) is 2.86. The molecule has 0 aromatic carbocycles. The van der Waals surface area contributed by atoms with Crippen molar-refractivity contribution in [3.8, 4) is 0 Å². The molecule has 104 valence electrons. The monoisotopic (exact) mass is 372 g/mol. The van der Waals surface area contributed by atoms with Crippen LogP contribution in [-0.2, 0) is 4.74 Å². The molecule has 0 aromatic rings. The molecule has 2 radical (unpaired) electrons. The molecule has 2 fully saturated rings. The molecule has 0 N–H and O–H groups in total. The highest BCUT2D eigenvalue weighted by molar-refractivity contribution is 14.1. The van der Waals surface area contributed by atoms with Crippen LogP contribution in [0.25, 0.3) is 0 Å². The van der Waals surface area contributed by atoms with Crippen LogP contribution in [0, 0.1) is 0 Å². The fourth-order valence-corrected chi connectivity index (χ4v) is 4.58. The van der Waals surface area contributed by atoms with Crippen molar-refractivity contribution in [3.63, 3.8) is 0 Å². The smallest absolute Gasteiger partial charge is 0.288 e. The van der Waals surface area contributed by atoms with Crippen LogP contribution in [0.1, 0.15) is 52.4 Å². The molecular weight excluding hydrogens is 350 g/mol. The van der Waals surface area contributed by atoms with E-state index in [-0.39, 0.29) is 9.43 Å². The highest BCUT2D eigenvalue weighted by atomic mass is 127. The number of rotatable bonds is 0. The van der Waals surface area contributed by atoms with Crippen molar-refractivity contribution < 1.29 is 4.74 Å². The molecule has 5 unspecified atom stereocenters. The molecular formula is C14H22BIN2O. The largest absolute Gasteiger partial charge is 0.460 e. The van der Waals surface area contributed by atoms with Gasteiger partial charge in [-0.15, -0.1) is 0 Å². The van der Waals surface area contributed by atoms with E-state index in [2.05, 4.69) is 41.3 Å². The third kappa shape index (κ3) is 2.76. The van der Waals surface area contributed by atoms with Crippen molar-refractivity contribution in [3.05, 3.63) is 0 Å². The number of fused-ring (bicyclic) bond motifs is 3. The zero-order chi connectivity index (χ0) is 13.6. The normalized spacial score (nSPS) is 46.5. The summed E-state index contributed by atoms with van der Waals surface area (Å²) in [5.74, 6) is 0. The highest BCUT2D eigenvalue weighted by Gasteiger charge is 2.46. The average molecular weight is 372 g/mol. The summed E-state index contributed by atoms with van der Waals surface area (Å²) >= 11 is 2.41. The topological polar surface area (TPSA) is 24.8 Å². The van der Waals surface area contributed by atoms with Gasteiger partial charge in [-0.25, -0.2) is 4.99 Å². The predicted molar refractivity (Wildman–Crippen MR) is 87.1 cm³/mol. The summed E-state index contributed by atoms with van der Waals surface area (Å²) < 4.78 is 6.05. The van der Waals surface area contributed by atoms with E-state index in [1.165, 1.54) is 19.3 Å². The van der Waals surface area contributed by atoms with Gasteiger partial charge in [-0.05, 0) is 42.9 Å². The van der Waals surface area contributed by atoms with E-state index in [1.54, 1.807) is 0 Å². The van der Waals surface area contributed by atoms with E-state index in [4.69, 9.17) is 17.6 Å². The Kier molecular flexibility index (Phi) is 3.78. The standard InChI is InChI=1S/C14H22BIN2O/c1-9-7-10(2)18-11-5-3-4-6-14(15,16)8-12(11)19-13(18)17-9/h9-12H,3-8H2,1-2H3. The lowest BCUT2D eigenvalue weighted by molar-refractivity contribution is 0.147. The molecule has 0 spiro atoms. The molecule has 3 nitrogen and oxygen atoms in total. The number of hydrogen-bond acceptors (Lipinski definition) is 3. The van der Waals surface area contributed by atoms with Crippen LogP contribution in [0.2, 0.25) is 0 Å². The number of nitrogens with zero attached hydrogens (tertiary/aromatic N) is 2. The Hall–Kier alpha value is 0.0649. The van der Waals surface area contributed by atoms with Crippen LogP contribution in [0.15, 0.2) is 4.99 Å². The molecule has 0 aromatic heterocycles. The summed E-state index contributed by atoms with van der Waals surface area (Å²) in [7, 11) is 6.40. The number of aliphatic imine (C=N–C) groups is 1. The third-order valence-electron chi connectivity index (χ3n) is 4.63. The first-order chi connectivity index (χ1) is 8.96. The van der Waals surface area contributed by atoms with Gasteiger partial charge >= 0.3 is 0 Å². The van der Waals surface area contributed by atoms with E-state index in [1.807, 2.05) is 0 Å². The fraction of sp³-hybridized carbons (Fsp3) is 0.929. The molecule has 5 heteroatoms. The quantitative estimate of drug-likeness (QED) is 0.371. The first-order valence-corrected chi connectivity index (χ1v) is 8.55. The average Bonchev–Trinajstić information content (AvgIpc) is 2.59. The lowest BCUT2D eigenvalue weighted by atomic mass is 9.75. The van der Waals surface area contributed by atoms with E-state index in [0.717, 1.165) is 25.3 Å². The summed E-state index contributed by atoms with van der Waals surface area (Å²) in [6.07, 6.45) is 7.09.